The Morgan fingerprint density at radius 1 is 1.06 bits per heavy atom. The van der Waals surface area contributed by atoms with Gasteiger partial charge in [0.1, 0.15) is 0 Å². The first-order valence-electron chi connectivity index (χ1n) is 6.33. The van der Waals surface area contributed by atoms with Gasteiger partial charge in [0.25, 0.3) is 0 Å². The second-order valence-corrected chi connectivity index (χ2v) is 4.36. The predicted molar refractivity (Wildman–Crippen MR) is 63.9 cm³/mol. The van der Waals surface area contributed by atoms with Crippen molar-refractivity contribution in [2.75, 3.05) is 0 Å². The largest absolute Gasteiger partial charge is 0.393 e. The summed E-state index contributed by atoms with van der Waals surface area (Å²) in [5.74, 6) is -0.229. The molecule has 0 aromatic heterocycles. The summed E-state index contributed by atoms with van der Waals surface area (Å²) in [5, 5.41) is 0. The Morgan fingerprint density at radius 2 is 1.69 bits per heavy atom. The van der Waals surface area contributed by atoms with Gasteiger partial charge in [-0.25, -0.2) is 0 Å². The summed E-state index contributed by atoms with van der Waals surface area (Å²) in [7, 11) is 0. The first kappa shape index (κ1) is 15.1. The summed E-state index contributed by atoms with van der Waals surface area (Å²) < 4.78 is 4.71. The maximum Gasteiger partial charge on any atom is 0.313 e. The second-order valence-electron chi connectivity index (χ2n) is 4.36. The van der Waals surface area contributed by atoms with Crippen LogP contribution in [0.3, 0.4) is 0 Å². The SMILES string of the molecule is CCCCCC(=O)OC(=O)CCC(C)CC. The molecule has 0 radical (unpaired) electrons. The molecule has 0 aliphatic heterocycles. The highest BCUT2D eigenvalue weighted by Crippen LogP contribution is 2.10. The molecule has 16 heavy (non-hydrogen) atoms. The summed E-state index contributed by atoms with van der Waals surface area (Å²) in [6.45, 7) is 6.25. The van der Waals surface area contributed by atoms with Crippen LogP contribution in [0.15, 0.2) is 0 Å². The van der Waals surface area contributed by atoms with E-state index in [0.29, 0.717) is 18.8 Å². The number of hydrogen-bond donors (Lipinski definition) is 0. The van der Waals surface area contributed by atoms with Crippen molar-refractivity contribution in [2.45, 2.75) is 65.7 Å². The minimum atomic E-state index is -0.373. The molecule has 0 saturated heterocycles. The van der Waals surface area contributed by atoms with Crippen molar-refractivity contribution in [3.8, 4) is 0 Å². The van der Waals surface area contributed by atoms with Crippen LogP contribution >= 0.6 is 0 Å². The van der Waals surface area contributed by atoms with Gasteiger partial charge in [-0.15, -0.1) is 0 Å². The smallest absolute Gasteiger partial charge is 0.313 e. The topological polar surface area (TPSA) is 43.4 Å². The molecule has 0 fully saturated rings. The Kier molecular flexibility index (Phi) is 8.87. The molecular formula is C13H24O3. The van der Waals surface area contributed by atoms with E-state index in [4.69, 9.17) is 4.74 Å². The zero-order chi connectivity index (χ0) is 12.4. The molecule has 0 amide bonds. The van der Waals surface area contributed by atoms with E-state index in [0.717, 1.165) is 32.1 Å². The van der Waals surface area contributed by atoms with Crippen molar-refractivity contribution < 1.29 is 14.3 Å². The Labute approximate surface area is 98.6 Å². The summed E-state index contributed by atoms with van der Waals surface area (Å²) in [4.78, 5) is 22.5. The predicted octanol–water partition coefficient (Wildman–Crippen LogP) is 3.46. The van der Waals surface area contributed by atoms with E-state index in [1.54, 1.807) is 0 Å². The monoisotopic (exact) mass is 228 g/mol. The minimum absolute atomic E-state index is 0.356. The highest BCUT2D eigenvalue weighted by molar-refractivity contribution is 5.85. The van der Waals surface area contributed by atoms with Crippen molar-refractivity contribution in [1.29, 1.82) is 0 Å². The summed E-state index contributed by atoms with van der Waals surface area (Å²) in [5.41, 5.74) is 0. The van der Waals surface area contributed by atoms with Crippen molar-refractivity contribution in [3.05, 3.63) is 0 Å². The lowest BCUT2D eigenvalue weighted by molar-refractivity contribution is -0.159. The molecule has 0 spiro atoms. The van der Waals surface area contributed by atoms with Crippen LogP contribution in [0.1, 0.15) is 65.7 Å². The maximum absolute atomic E-state index is 11.3. The van der Waals surface area contributed by atoms with Gasteiger partial charge in [0.2, 0.25) is 0 Å². The number of hydrogen-bond acceptors (Lipinski definition) is 3. The molecule has 0 aliphatic rings. The molecule has 0 bridgehead atoms. The molecule has 0 heterocycles. The number of carbonyl (C=O) groups excluding carboxylic acids is 2. The Morgan fingerprint density at radius 3 is 2.25 bits per heavy atom. The van der Waals surface area contributed by atoms with Gasteiger partial charge in [0.15, 0.2) is 0 Å². The average Bonchev–Trinajstić information content (AvgIpc) is 2.26. The first-order chi connectivity index (χ1) is 7.60. The summed E-state index contributed by atoms with van der Waals surface area (Å²) in [6.07, 6.45) is 5.46. The number of unbranched alkanes of at least 4 members (excludes halogenated alkanes) is 2. The highest BCUT2D eigenvalue weighted by atomic mass is 16.6. The van der Waals surface area contributed by atoms with E-state index in [-0.39, 0.29) is 11.9 Å². The van der Waals surface area contributed by atoms with E-state index < -0.39 is 0 Å². The quantitative estimate of drug-likeness (QED) is 0.363. The van der Waals surface area contributed by atoms with Gasteiger partial charge in [0.05, 0.1) is 0 Å². The molecule has 0 saturated carbocycles. The molecule has 0 aliphatic carbocycles. The Hall–Kier alpha value is -0.860. The van der Waals surface area contributed by atoms with Crippen LogP contribution in [0.2, 0.25) is 0 Å². The van der Waals surface area contributed by atoms with Gasteiger partial charge in [-0.2, -0.15) is 0 Å². The fraction of sp³-hybridized carbons (Fsp3) is 0.846. The van der Waals surface area contributed by atoms with E-state index >= 15 is 0 Å². The van der Waals surface area contributed by atoms with Crippen molar-refractivity contribution in [2.24, 2.45) is 5.92 Å². The van der Waals surface area contributed by atoms with Crippen LogP contribution in [-0.4, -0.2) is 11.9 Å². The fourth-order valence-corrected chi connectivity index (χ4v) is 1.32. The van der Waals surface area contributed by atoms with Gasteiger partial charge >= 0.3 is 11.9 Å². The van der Waals surface area contributed by atoms with Crippen LogP contribution < -0.4 is 0 Å². The third-order valence-electron chi connectivity index (χ3n) is 2.75. The first-order valence-corrected chi connectivity index (χ1v) is 6.33. The molecule has 3 nitrogen and oxygen atoms in total. The molecule has 1 atom stereocenters. The molecule has 0 aromatic rings. The highest BCUT2D eigenvalue weighted by Gasteiger charge is 2.11. The zero-order valence-corrected chi connectivity index (χ0v) is 10.8. The molecule has 0 rings (SSSR count). The second kappa shape index (κ2) is 9.37. The molecule has 3 heteroatoms. The maximum atomic E-state index is 11.3. The van der Waals surface area contributed by atoms with Crippen LogP contribution in [0.4, 0.5) is 0 Å². The van der Waals surface area contributed by atoms with Crippen LogP contribution in [0.25, 0.3) is 0 Å². The van der Waals surface area contributed by atoms with Crippen LogP contribution in [0, 0.1) is 5.92 Å². The fourth-order valence-electron chi connectivity index (χ4n) is 1.32. The number of rotatable bonds is 8. The van der Waals surface area contributed by atoms with Gasteiger partial charge in [-0.05, 0) is 18.8 Å². The average molecular weight is 228 g/mol. The summed E-state index contributed by atoms with van der Waals surface area (Å²) >= 11 is 0. The van der Waals surface area contributed by atoms with Crippen molar-refractivity contribution in [1.82, 2.24) is 0 Å². The van der Waals surface area contributed by atoms with E-state index in [2.05, 4.69) is 20.8 Å². The number of esters is 2. The van der Waals surface area contributed by atoms with Crippen molar-refractivity contribution in [3.63, 3.8) is 0 Å². The number of ether oxygens (including phenoxy) is 1. The molecule has 1 unspecified atom stereocenters. The van der Waals surface area contributed by atoms with E-state index in [1.807, 2.05) is 0 Å². The Bertz CT molecular complexity index is 211. The lowest BCUT2D eigenvalue weighted by Crippen LogP contribution is -2.12. The van der Waals surface area contributed by atoms with E-state index in [1.165, 1.54) is 0 Å². The molecule has 0 N–H and O–H groups in total. The van der Waals surface area contributed by atoms with Crippen LogP contribution in [-0.2, 0) is 14.3 Å². The third-order valence-corrected chi connectivity index (χ3v) is 2.75. The van der Waals surface area contributed by atoms with Crippen molar-refractivity contribution >= 4 is 11.9 Å². The molecule has 0 aromatic carbocycles. The Balaban J connectivity index is 3.58. The lowest BCUT2D eigenvalue weighted by Gasteiger charge is -2.07. The van der Waals surface area contributed by atoms with Crippen LogP contribution in [0.5, 0.6) is 0 Å². The zero-order valence-electron chi connectivity index (χ0n) is 10.8. The number of carbonyl (C=O) groups is 2. The van der Waals surface area contributed by atoms with Gasteiger partial charge < -0.3 is 4.74 Å². The van der Waals surface area contributed by atoms with Gasteiger partial charge in [0, 0.05) is 12.8 Å². The minimum Gasteiger partial charge on any atom is -0.393 e. The normalized spacial score (nSPS) is 12.2. The molecular weight excluding hydrogens is 204 g/mol. The molecule has 94 valence electrons. The third kappa shape index (κ3) is 8.45. The lowest BCUT2D eigenvalue weighted by atomic mass is 10.0. The van der Waals surface area contributed by atoms with Gasteiger partial charge in [-0.1, -0.05) is 40.0 Å². The standard InChI is InChI=1S/C13H24O3/c1-4-6-7-8-12(14)16-13(15)10-9-11(3)5-2/h11H,4-10H2,1-3H3. The van der Waals surface area contributed by atoms with E-state index in [9.17, 15) is 9.59 Å². The summed E-state index contributed by atoms with van der Waals surface area (Å²) in [6, 6.07) is 0. The van der Waals surface area contributed by atoms with Gasteiger partial charge in [-0.3, -0.25) is 9.59 Å².